The number of fused-ring (bicyclic) bond motifs is 1. The van der Waals surface area contributed by atoms with Crippen LogP contribution in [-0.2, 0) is 4.79 Å². The Balaban J connectivity index is 1.43. The first-order chi connectivity index (χ1) is 17.8. The van der Waals surface area contributed by atoms with Crippen LogP contribution < -0.4 is 25.3 Å². The van der Waals surface area contributed by atoms with Crippen LogP contribution in [-0.4, -0.2) is 66.7 Å². The van der Waals surface area contributed by atoms with Crippen LogP contribution in [0.3, 0.4) is 0 Å². The van der Waals surface area contributed by atoms with Gasteiger partial charge < -0.3 is 25.3 Å². The number of halogens is 2. The van der Waals surface area contributed by atoms with Gasteiger partial charge in [0, 0.05) is 38.3 Å². The van der Waals surface area contributed by atoms with Crippen molar-refractivity contribution < 1.29 is 13.6 Å². The van der Waals surface area contributed by atoms with Crippen molar-refractivity contribution in [2.24, 2.45) is 0 Å². The monoisotopic (exact) mass is 508 g/mol. The number of carbonyl (C=O) groups excluding carboxylic acids is 1. The lowest BCUT2D eigenvalue weighted by Gasteiger charge is -2.38. The third-order valence-electron chi connectivity index (χ3n) is 6.55. The van der Waals surface area contributed by atoms with Crippen molar-refractivity contribution in [2.45, 2.75) is 26.3 Å². The lowest BCUT2D eigenvalue weighted by Crippen LogP contribution is -2.47. The van der Waals surface area contributed by atoms with Crippen LogP contribution in [0.4, 0.5) is 37.6 Å². The normalized spacial score (nSPS) is 16.2. The molecule has 1 saturated heterocycles. The third kappa shape index (κ3) is 5.04. The molecule has 194 valence electrons. The van der Waals surface area contributed by atoms with Gasteiger partial charge in [0.2, 0.25) is 11.9 Å². The van der Waals surface area contributed by atoms with E-state index < -0.39 is 11.6 Å². The summed E-state index contributed by atoms with van der Waals surface area (Å²) in [5, 5.41) is 6.38. The SMILES string of the molecule is CC(C)N1C(=O)CN(C)c2c(F)cc(-c3nc(Nc4ccc(N5CCCNCC5)cn4)ncc3F)cc21. The maximum atomic E-state index is 15.2. The lowest BCUT2D eigenvalue weighted by molar-refractivity contribution is -0.117. The molecule has 2 aromatic heterocycles. The standard InChI is InChI=1S/C26H30F2N8O/c1-16(2)36-21-12-17(11-19(27)25(21)34(3)15-23(36)37)24-20(28)14-31-26(33-24)32-22-6-5-18(13-30-22)35-9-4-7-29-8-10-35/h5-6,11-14,16,29H,4,7-10,15H2,1-3H3,(H,30,31,32,33). The summed E-state index contributed by atoms with van der Waals surface area (Å²) < 4.78 is 30.1. The Kier molecular flexibility index (Phi) is 6.88. The van der Waals surface area contributed by atoms with Gasteiger partial charge in [0.05, 0.1) is 36.0 Å². The number of likely N-dealkylation sites (N-methyl/N-ethyl adjacent to an activating group) is 1. The van der Waals surface area contributed by atoms with E-state index in [0.717, 1.165) is 44.5 Å². The number of anilines is 5. The van der Waals surface area contributed by atoms with Crippen LogP contribution in [0.15, 0.2) is 36.7 Å². The zero-order valence-electron chi connectivity index (χ0n) is 21.1. The molecule has 2 aliphatic rings. The predicted octanol–water partition coefficient (Wildman–Crippen LogP) is 3.55. The minimum atomic E-state index is -0.699. The Morgan fingerprint density at radius 2 is 1.89 bits per heavy atom. The van der Waals surface area contributed by atoms with E-state index in [1.165, 1.54) is 11.0 Å². The van der Waals surface area contributed by atoms with Gasteiger partial charge in [-0.1, -0.05) is 0 Å². The number of nitrogens with one attached hydrogen (secondary N) is 2. The fourth-order valence-corrected chi connectivity index (χ4v) is 4.84. The minimum absolute atomic E-state index is 0.0673. The molecule has 37 heavy (non-hydrogen) atoms. The fourth-order valence-electron chi connectivity index (χ4n) is 4.84. The molecule has 9 nitrogen and oxygen atoms in total. The molecule has 1 fully saturated rings. The van der Waals surface area contributed by atoms with Crippen LogP contribution in [0.2, 0.25) is 0 Å². The summed E-state index contributed by atoms with van der Waals surface area (Å²) >= 11 is 0. The lowest BCUT2D eigenvalue weighted by atomic mass is 10.0. The smallest absolute Gasteiger partial charge is 0.246 e. The van der Waals surface area contributed by atoms with Gasteiger partial charge in [-0.25, -0.2) is 23.7 Å². The van der Waals surface area contributed by atoms with Gasteiger partial charge in [-0.3, -0.25) is 4.79 Å². The number of hydrogen-bond acceptors (Lipinski definition) is 8. The van der Waals surface area contributed by atoms with Crippen molar-refractivity contribution >= 4 is 34.7 Å². The molecule has 0 saturated carbocycles. The highest BCUT2D eigenvalue weighted by molar-refractivity contribution is 6.04. The molecular weight excluding hydrogens is 478 g/mol. The molecule has 4 heterocycles. The number of benzene rings is 1. The van der Waals surface area contributed by atoms with E-state index in [-0.39, 0.29) is 35.7 Å². The van der Waals surface area contributed by atoms with E-state index in [4.69, 9.17) is 0 Å². The van der Waals surface area contributed by atoms with E-state index in [0.29, 0.717) is 17.2 Å². The summed E-state index contributed by atoms with van der Waals surface area (Å²) in [7, 11) is 1.66. The zero-order valence-corrected chi connectivity index (χ0v) is 21.1. The fraction of sp³-hybridized carbons (Fsp3) is 0.385. The van der Waals surface area contributed by atoms with Gasteiger partial charge in [0.1, 0.15) is 17.3 Å². The van der Waals surface area contributed by atoms with Gasteiger partial charge in [-0.2, -0.15) is 0 Å². The van der Waals surface area contributed by atoms with Gasteiger partial charge >= 0.3 is 0 Å². The molecule has 0 unspecified atom stereocenters. The molecule has 0 bridgehead atoms. The molecular formula is C26H30F2N8O. The first-order valence-electron chi connectivity index (χ1n) is 12.4. The highest BCUT2D eigenvalue weighted by atomic mass is 19.1. The van der Waals surface area contributed by atoms with Crippen molar-refractivity contribution in [1.29, 1.82) is 0 Å². The number of aromatic nitrogens is 3. The second-order valence-electron chi connectivity index (χ2n) is 9.55. The maximum Gasteiger partial charge on any atom is 0.246 e. The molecule has 0 spiro atoms. The van der Waals surface area contributed by atoms with Crippen LogP contribution in [0.25, 0.3) is 11.3 Å². The minimum Gasteiger partial charge on any atom is -0.369 e. The first kappa shape index (κ1) is 24.8. The van der Waals surface area contributed by atoms with E-state index in [1.54, 1.807) is 24.2 Å². The van der Waals surface area contributed by atoms with Crippen molar-refractivity contribution in [2.75, 3.05) is 59.8 Å². The molecule has 11 heteroatoms. The Bertz CT molecular complexity index is 1290. The summed E-state index contributed by atoms with van der Waals surface area (Å²) in [5.74, 6) is -0.777. The van der Waals surface area contributed by atoms with Crippen LogP contribution in [0.5, 0.6) is 0 Å². The van der Waals surface area contributed by atoms with Gasteiger partial charge in [-0.05, 0) is 51.1 Å². The summed E-state index contributed by atoms with van der Waals surface area (Å²) in [4.78, 5) is 30.9. The average molecular weight is 509 g/mol. The molecule has 2 N–H and O–H groups in total. The van der Waals surface area contributed by atoms with Crippen LogP contribution in [0.1, 0.15) is 20.3 Å². The molecule has 3 aromatic rings. The van der Waals surface area contributed by atoms with Crippen molar-refractivity contribution in [1.82, 2.24) is 20.3 Å². The van der Waals surface area contributed by atoms with Crippen molar-refractivity contribution in [3.63, 3.8) is 0 Å². The molecule has 1 aromatic carbocycles. The largest absolute Gasteiger partial charge is 0.369 e. The molecule has 0 atom stereocenters. The summed E-state index contributed by atoms with van der Waals surface area (Å²) in [6, 6.07) is 6.44. The second-order valence-corrected chi connectivity index (χ2v) is 9.55. The number of hydrogen-bond donors (Lipinski definition) is 2. The number of amides is 1. The van der Waals surface area contributed by atoms with E-state index in [9.17, 15) is 9.18 Å². The van der Waals surface area contributed by atoms with Crippen molar-refractivity contribution in [3.05, 3.63) is 48.3 Å². The Morgan fingerprint density at radius 3 is 2.65 bits per heavy atom. The van der Waals surface area contributed by atoms with E-state index >= 15 is 4.39 Å². The third-order valence-corrected chi connectivity index (χ3v) is 6.55. The Morgan fingerprint density at radius 1 is 1.05 bits per heavy atom. The van der Waals surface area contributed by atoms with Crippen molar-refractivity contribution in [3.8, 4) is 11.3 Å². The summed E-state index contributed by atoms with van der Waals surface area (Å²) in [6.45, 7) is 7.57. The summed E-state index contributed by atoms with van der Waals surface area (Å²) in [6.07, 6.45) is 3.89. The number of nitrogens with zero attached hydrogens (tertiary/aromatic N) is 6. The zero-order chi connectivity index (χ0) is 26.1. The Hall–Kier alpha value is -3.86. The second kappa shape index (κ2) is 10.3. The quantitative estimate of drug-likeness (QED) is 0.541. The molecule has 0 aliphatic carbocycles. The van der Waals surface area contributed by atoms with Crippen LogP contribution >= 0.6 is 0 Å². The number of rotatable bonds is 5. The van der Waals surface area contributed by atoms with Crippen LogP contribution in [0, 0.1) is 11.6 Å². The molecule has 0 radical (unpaired) electrons. The van der Waals surface area contributed by atoms with E-state index in [1.807, 2.05) is 26.0 Å². The molecule has 5 rings (SSSR count). The molecule has 2 aliphatic heterocycles. The highest BCUT2D eigenvalue weighted by Gasteiger charge is 2.32. The van der Waals surface area contributed by atoms with Gasteiger partial charge in [-0.15, -0.1) is 0 Å². The Labute approximate surface area is 214 Å². The maximum absolute atomic E-state index is 15.2. The predicted molar refractivity (Wildman–Crippen MR) is 140 cm³/mol. The van der Waals surface area contributed by atoms with Gasteiger partial charge in [0.25, 0.3) is 0 Å². The number of pyridine rings is 1. The number of carbonyl (C=O) groups is 1. The van der Waals surface area contributed by atoms with E-state index in [2.05, 4.69) is 30.5 Å². The summed E-state index contributed by atoms with van der Waals surface area (Å²) in [5.41, 5.74) is 1.85. The highest BCUT2D eigenvalue weighted by Crippen LogP contribution is 2.40. The molecule has 1 amide bonds. The average Bonchev–Trinajstić information content (AvgIpc) is 3.14. The first-order valence-corrected chi connectivity index (χ1v) is 12.4. The topological polar surface area (TPSA) is 89.5 Å². The van der Waals surface area contributed by atoms with Gasteiger partial charge in [0.15, 0.2) is 5.82 Å².